The highest BCUT2D eigenvalue weighted by Gasteiger charge is 2.32. The molecule has 3 aromatic heterocycles. The molecule has 0 aliphatic carbocycles. The minimum atomic E-state index is -4.00. The van der Waals surface area contributed by atoms with Crippen LogP contribution in [-0.2, 0) is 16.6 Å². The number of nitrogens with zero attached hydrogens (tertiary/aromatic N) is 4. The lowest BCUT2D eigenvalue weighted by molar-refractivity contribution is 0.590. The van der Waals surface area contributed by atoms with E-state index in [0.717, 1.165) is 16.1 Å². The molecule has 2 aromatic carbocycles. The maximum atomic E-state index is 14.1. The monoisotopic (exact) mass is 472 g/mol. The van der Waals surface area contributed by atoms with E-state index in [4.69, 9.17) is 0 Å². The largest absolute Gasteiger partial charge is 0.269 e. The zero-order chi connectivity index (χ0) is 22.7. The summed E-state index contributed by atoms with van der Waals surface area (Å²) in [6.45, 7) is 0.153. The minimum absolute atomic E-state index is 0.135. The van der Waals surface area contributed by atoms with Crippen molar-refractivity contribution in [2.45, 2.75) is 11.4 Å². The molecule has 0 unspecified atom stereocenters. The maximum Gasteiger partial charge on any atom is 0.269 e. The number of anilines is 1. The van der Waals surface area contributed by atoms with Crippen LogP contribution in [0, 0.1) is 0 Å². The Balaban J connectivity index is 1.67. The van der Waals surface area contributed by atoms with Crippen molar-refractivity contribution in [1.29, 1.82) is 0 Å². The third-order valence-electron chi connectivity index (χ3n) is 5.10. The van der Waals surface area contributed by atoms with E-state index in [2.05, 4.69) is 10.1 Å². The van der Waals surface area contributed by atoms with Crippen molar-refractivity contribution in [2.75, 3.05) is 4.31 Å². The van der Waals surface area contributed by atoms with Gasteiger partial charge in [-0.1, -0.05) is 60.7 Å². The number of rotatable bonds is 7. The number of benzene rings is 2. The second kappa shape index (κ2) is 9.01. The lowest BCUT2D eigenvalue weighted by Crippen LogP contribution is -2.31. The molecule has 0 atom stereocenters. The summed E-state index contributed by atoms with van der Waals surface area (Å²) in [5.41, 5.74) is 2.06. The Morgan fingerprint density at radius 1 is 0.848 bits per heavy atom. The summed E-state index contributed by atoms with van der Waals surface area (Å²) in [5, 5.41) is 6.58. The Kier molecular flexibility index (Phi) is 5.77. The van der Waals surface area contributed by atoms with Crippen LogP contribution < -0.4 is 4.31 Å². The number of aromatic nitrogens is 3. The van der Waals surface area contributed by atoms with Crippen LogP contribution in [0.5, 0.6) is 0 Å². The summed E-state index contributed by atoms with van der Waals surface area (Å²) >= 11 is 1.45. The van der Waals surface area contributed by atoms with Crippen LogP contribution in [0.15, 0.2) is 114 Å². The molecule has 0 spiro atoms. The van der Waals surface area contributed by atoms with Crippen molar-refractivity contribution in [3.8, 4) is 16.3 Å². The summed E-state index contributed by atoms with van der Waals surface area (Å²) in [4.78, 5) is 5.26. The van der Waals surface area contributed by atoms with Gasteiger partial charge < -0.3 is 0 Å². The van der Waals surface area contributed by atoms with Gasteiger partial charge in [-0.05, 0) is 41.3 Å². The number of pyridine rings is 1. The smallest absolute Gasteiger partial charge is 0.245 e. The van der Waals surface area contributed by atoms with Crippen molar-refractivity contribution in [3.05, 3.63) is 114 Å². The highest BCUT2D eigenvalue weighted by Crippen LogP contribution is 2.34. The Bertz CT molecular complexity index is 1430. The van der Waals surface area contributed by atoms with Crippen LogP contribution in [0.1, 0.15) is 5.56 Å². The summed E-state index contributed by atoms with van der Waals surface area (Å²) in [5.74, 6) is 0.353. The van der Waals surface area contributed by atoms with Gasteiger partial charge >= 0.3 is 0 Å². The van der Waals surface area contributed by atoms with Gasteiger partial charge in [0.15, 0.2) is 0 Å². The minimum Gasteiger partial charge on any atom is -0.245 e. The molecule has 0 fully saturated rings. The van der Waals surface area contributed by atoms with Crippen LogP contribution in [0.3, 0.4) is 0 Å². The van der Waals surface area contributed by atoms with Crippen molar-refractivity contribution in [3.63, 3.8) is 0 Å². The predicted octanol–water partition coefficient (Wildman–Crippen LogP) is 5.39. The van der Waals surface area contributed by atoms with E-state index in [9.17, 15) is 8.42 Å². The Morgan fingerprint density at radius 2 is 1.58 bits per heavy atom. The first-order valence-corrected chi connectivity index (χ1v) is 12.6. The van der Waals surface area contributed by atoms with Crippen molar-refractivity contribution in [2.24, 2.45) is 0 Å². The van der Waals surface area contributed by atoms with Crippen LogP contribution in [0.4, 0.5) is 5.82 Å². The first-order chi connectivity index (χ1) is 16.1. The second-order valence-corrected chi connectivity index (χ2v) is 10.1. The van der Waals surface area contributed by atoms with Gasteiger partial charge in [0.2, 0.25) is 0 Å². The topological polar surface area (TPSA) is 68.1 Å². The van der Waals surface area contributed by atoms with Gasteiger partial charge in [0, 0.05) is 6.20 Å². The maximum absolute atomic E-state index is 14.1. The number of para-hydroxylation sites is 1. The highest BCUT2D eigenvalue weighted by molar-refractivity contribution is 7.93. The summed E-state index contributed by atoms with van der Waals surface area (Å²) in [6, 6.07) is 28.0. The normalized spacial score (nSPS) is 11.4. The van der Waals surface area contributed by atoms with Gasteiger partial charge in [-0.15, -0.1) is 11.3 Å². The van der Waals surface area contributed by atoms with E-state index in [1.165, 1.54) is 15.6 Å². The SMILES string of the molecule is O=S(=O)(c1cn(-c2ccccc2)nc1-c1cccs1)N(Cc1ccccc1)c1ccccn1. The van der Waals surface area contributed by atoms with Gasteiger partial charge in [0.1, 0.15) is 16.4 Å². The summed E-state index contributed by atoms with van der Waals surface area (Å²) < 4.78 is 31.2. The van der Waals surface area contributed by atoms with E-state index in [1.807, 2.05) is 78.2 Å². The fourth-order valence-electron chi connectivity index (χ4n) is 3.50. The molecule has 3 heterocycles. The first kappa shape index (κ1) is 21.1. The van der Waals surface area contributed by atoms with Crippen LogP contribution in [-0.4, -0.2) is 23.2 Å². The quantitative estimate of drug-likeness (QED) is 0.318. The molecule has 0 amide bonds. The molecule has 0 radical (unpaired) electrons. The lowest BCUT2D eigenvalue weighted by Gasteiger charge is -2.23. The zero-order valence-corrected chi connectivity index (χ0v) is 19.2. The van der Waals surface area contributed by atoms with E-state index in [-0.39, 0.29) is 11.4 Å². The highest BCUT2D eigenvalue weighted by atomic mass is 32.2. The Morgan fingerprint density at radius 3 is 2.24 bits per heavy atom. The zero-order valence-electron chi connectivity index (χ0n) is 17.5. The molecule has 164 valence electrons. The van der Waals surface area contributed by atoms with Crippen LogP contribution in [0.2, 0.25) is 0 Å². The predicted molar refractivity (Wildman–Crippen MR) is 131 cm³/mol. The molecular weight excluding hydrogens is 452 g/mol. The number of sulfonamides is 1. The van der Waals surface area contributed by atoms with Gasteiger partial charge in [0.05, 0.1) is 23.3 Å². The van der Waals surface area contributed by atoms with Gasteiger partial charge in [-0.25, -0.2) is 22.4 Å². The lowest BCUT2D eigenvalue weighted by atomic mass is 10.2. The molecule has 0 saturated heterocycles. The molecule has 0 bridgehead atoms. The Hall–Kier alpha value is -3.75. The fraction of sp³-hybridized carbons (Fsp3) is 0.0400. The summed E-state index contributed by atoms with van der Waals surface area (Å²) in [6.07, 6.45) is 3.18. The average molecular weight is 473 g/mol. The van der Waals surface area contributed by atoms with Crippen molar-refractivity contribution in [1.82, 2.24) is 14.8 Å². The molecule has 5 rings (SSSR count). The van der Waals surface area contributed by atoms with E-state index in [1.54, 1.807) is 35.3 Å². The van der Waals surface area contributed by atoms with Gasteiger partial charge in [-0.2, -0.15) is 5.10 Å². The molecule has 0 saturated carbocycles. The van der Waals surface area contributed by atoms with E-state index < -0.39 is 10.0 Å². The van der Waals surface area contributed by atoms with Gasteiger partial charge in [0.25, 0.3) is 10.0 Å². The molecular formula is C25H20N4O2S2. The van der Waals surface area contributed by atoms with Crippen molar-refractivity contribution >= 4 is 27.2 Å². The molecule has 0 N–H and O–H groups in total. The molecule has 6 nitrogen and oxygen atoms in total. The number of hydrogen-bond donors (Lipinski definition) is 0. The number of hydrogen-bond acceptors (Lipinski definition) is 5. The average Bonchev–Trinajstić information content (AvgIpc) is 3.55. The third-order valence-corrected chi connectivity index (χ3v) is 7.73. The number of thiophene rings is 1. The molecule has 33 heavy (non-hydrogen) atoms. The van der Waals surface area contributed by atoms with Crippen LogP contribution in [0.25, 0.3) is 16.3 Å². The standard InChI is InChI=1S/C25H20N4O2S2/c30-33(31,29(24-15-7-8-16-26-24)18-20-10-3-1-4-11-20)23-19-28(21-12-5-2-6-13-21)27-25(23)22-14-9-17-32-22/h1-17,19H,18H2. The molecule has 0 aliphatic rings. The molecule has 5 aromatic rings. The summed E-state index contributed by atoms with van der Waals surface area (Å²) in [7, 11) is -4.00. The second-order valence-electron chi connectivity index (χ2n) is 7.28. The fourth-order valence-corrected chi connectivity index (χ4v) is 5.83. The van der Waals surface area contributed by atoms with E-state index in [0.29, 0.717) is 11.5 Å². The van der Waals surface area contributed by atoms with Crippen molar-refractivity contribution < 1.29 is 8.42 Å². The van der Waals surface area contributed by atoms with Crippen LogP contribution >= 0.6 is 11.3 Å². The molecule has 0 aliphatic heterocycles. The Labute approximate surface area is 196 Å². The van der Waals surface area contributed by atoms with E-state index >= 15 is 0 Å². The van der Waals surface area contributed by atoms with Gasteiger partial charge in [-0.3, -0.25) is 0 Å². The molecule has 8 heteroatoms. The first-order valence-electron chi connectivity index (χ1n) is 10.3. The third kappa shape index (κ3) is 4.30.